The Kier molecular flexibility index (Phi) is 8.25. The molecule has 2 aromatic rings. The summed E-state index contributed by atoms with van der Waals surface area (Å²) < 4.78 is 0. The van der Waals surface area contributed by atoms with Gasteiger partial charge in [-0.05, 0) is 37.1 Å². The van der Waals surface area contributed by atoms with Crippen molar-refractivity contribution in [3.05, 3.63) is 38.5 Å². The van der Waals surface area contributed by atoms with E-state index < -0.39 is 0 Å². The van der Waals surface area contributed by atoms with Crippen LogP contribution < -0.4 is 10.6 Å². The average Bonchev–Trinajstić information content (AvgIpc) is 3.24. The predicted molar refractivity (Wildman–Crippen MR) is 106 cm³/mol. The van der Waals surface area contributed by atoms with E-state index in [1.165, 1.54) is 14.8 Å². The van der Waals surface area contributed by atoms with Crippen LogP contribution in [0.25, 0.3) is 0 Å². The highest BCUT2D eigenvalue weighted by molar-refractivity contribution is 7.11. The molecule has 2 N–H and O–H groups in total. The zero-order chi connectivity index (χ0) is 17.2. The molecular formula is C18H28N4S2. The van der Waals surface area contributed by atoms with Crippen LogP contribution in [0.15, 0.2) is 28.7 Å². The summed E-state index contributed by atoms with van der Waals surface area (Å²) in [5.74, 6) is 1.45. The van der Waals surface area contributed by atoms with E-state index in [0.717, 1.165) is 44.9 Å². The Bertz CT molecular complexity index is 604. The van der Waals surface area contributed by atoms with Crippen molar-refractivity contribution in [2.45, 2.75) is 40.0 Å². The second-order valence-electron chi connectivity index (χ2n) is 5.86. The monoisotopic (exact) mass is 364 g/mol. The fraction of sp³-hybridized carbons (Fsp3) is 0.556. The van der Waals surface area contributed by atoms with Crippen molar-refractivity contribution in [1.82, 2.24) is 15.6 Å². The van der Waals surface area contributed by atoms with E-state index >= 15 is 0 Å². The van der Waals surface area contributed by atoms with Crippen LogP contribution >= 0.6 is 22.7 Å². The largest absolute Gasteiger partial charge is 0.357 e. The van der Waals surface area contributed by atoms with Crippen LogP contribution in [0.5, 0.6) is 0 Å². The molecule has 0 aliphatic rings. The van der Waals surface area contributed by atoms with Gasteiger partial charge in [0.25, 0.3) is 0 Å². The Balaban J connectivity index is 1.77. The summed E-state index contributed by atoms with van der Waals surface area (Å²) in [6.45, 7) is 9.10. The van der Waals surface area contributed by atoms with Gasteiger partial charge in [0.15, 0.2) is 5.96 Å². The summed E-state index contributed by atoms with van der Waals surface area (Å²) in [5, 5.41) is 10.1. The van der Waals surface area contributed by atoms with Crippen molar-refractivity contribution < 1.29 is 0 Å². The Morgan fingerprint density at radius 1 is 1.29 bits per heavy atom. The summed E-state index contributed by atoms with van der Waals surface area (Å²) in [6, 6.07) is 4.32. The number of thiophene rings is 1. The number of thiazole rings is 1. The van der Waals surface area contributed by atoms with E-state index in [1.807, 2.05) is 28.9 Å². The van der Waals surface area contributed by atoms with Gasteiger partial charge in [0.1, 0.15) is 0 Å². The van der Waals surface area contributed by atoms with Crippen LogP contribution in [0.2, 0.25) is 0 Å². The summed E-state index contributed by atoms with van der Waals surface area (Å²) in [6.07, 6.45) is 5.10. The molecule has 132 valence electrons. The highest BCUT2D eigenvalue weighted by Gasteiger charge is 2.06. The molecule has 1 atom stereocenters. The molecule has 0 aliphatic carbocycles. The number of aliphatic imine (C=N–C) groups is 1. The number of nitrogens with one attached hydrogen (secondary N) is 2. The molecule has 0 saturated carbocycles. The predicted octanol–water partition coefficient (Wildman–Crippen LogP) is 3.74. The second kappa shape index (κ2) is 10.5. The first-order valence-electron chi connectivity index (χ1n) is 8.69. The first kappa shape index (κ1) is 18.9. The highest BCUT2D eigenvalue weighted by atomic mass is 32.1. The fourth-order valence-corrected chi connectivity index (χ4v) is 4.07. The van der Waals surface area contributed by atoms with Gasteiger partial charge in [0, 0.05) is 42.0 Å². The number of guanidine groups is 1. The second-order valence-corrected chi connectivity index (χ2v) is 8.09. The summed E-state index contributed by atoms with van der Waals surface area (Å²) in [5.41, 5.74) is 0. The van der Waals surface area contributed by atoms with Gasteiger partial charge in [0.05, 0.1) is 5.01 Å². The number of rotatable bonds is 9. The molecule has 0 spiro atoms. The molecule has 2 aromatic heterocycles. The van der Waals surface area contributed by atoms with E-state index in [0.29, 0.717) is 5.92 Å². The lowest BCUT2D eigenvalue weighted by molar-refractivity contribution is 0.595. The maximum absolute atomic E-state index is 4.73. The maximum atomic E-state index is 4.73. The summed E-state index contributed by atoms with van der Waals surface area (Å²) in [7, 11) is 0. The molecule has 0 fully saturated rings. The average molecular weight is 365 g/mol. The van der Waals surface area contributed by atoms with E-state index in [4.69, 9.17) is 4.99 Å². The Labute approximate surface area is 153 Å². The molecular weight excluding hydrogens is 336 g/mol. The third kappa shape index (κ3) is 6.61. The lowest BCUT2D eigenvalue weighted by Gasteiger charge is -2.12. The van der Waals surface area contributed by atoms with E-state index in [-0.39, 0.29) is 0 Å². The van der Waals surface area contributed by atoms with Crippen LogP contribution in [0.1, 0.15) is 35.5 Å². The Morgan fingerprint density at radius 2 is 2.17 bits per heavy atom. The lowest BCUT2D eigenvalue weighted by Crippen LogP contribution is -2.38. The van der Waals surface area contributed by atoms with Gasteiger partial charge in [-0.15, -0.1) is 22.7 Å². The minimum atomic E-state index is 0.546. The third-order valence-electron chi connectivity index (χ3n) is 3.62. The molecule has 0 saturated heterocycles. The van der Waals surface area contributed by atoms with Crippen LogP contribution in [-0.2, 0) is 19.3 Å². The first-order chi connectivity index (χ1) is 11.7. The van der Waals surface area contributed by atoms with Gasteiger partial charge in [-0.3, -0.25) is 4.99 Å². The number of aromatic nitrogens is 1. The normalized spacial score (nSPS) is 13.0. The standard InChI is InChI=1S/C18H28N4S2/c1-4-15-13-21-17(24-15)8-9-20-18(19-5-2)22-12-14(3)11-16-7-6-10-23-16/h6-7,10,13-14H,4-5,8-9,11-12H2,1-3H3,(H2,19,20,22). The van der Waals surface area contributed by atoms with Crippen molar-refractivity contribution >= 4 is 28.6 Å². The molecule has 4 nitrogen and oxygen atoms in total. The van der Waals surface area contributed by atoms with E-state index in [2.05, 4.69) is 53.9 Å². The van der Waals surface area contributed by atoms with Crippen LogP contribution in [0.3, 0.4) is 0 Å². The van der Waals surface area contributed by atoms with Crippen molar-refractivity contribution in [3.63, 3.8) is 0 Å². The highest BCUT2D eigenvalue weighted by Crippen LogP contribution is 2.15. The van der Waals surface area contributed by atoms with Crippen LogP contribution in [-0.4, -0.2) is 30.6 Å². The lowest BCUT2D eigenvalue weighted by atomic mass is 10.1. The van der Waals surface area contributed by atoms with Gasteiger partial charge >= 0.3 is 0 Å². The number of aryl methyl sites for hydroxylation is 1. The smallest absolute Gasteiger partial charge is 0.191 e. The molecule has 0 amide bonds. The van der Waals surface area contributed by atoms with E-state index in [1.54, 1.807) is 0 Å². The molecule has 6 heteroatoms. The van der Waals surface area contributed by atoms with Crippen molar-refractivity contribution in [3.8, 4) is 0 Å². The molecule has 0 aliphatic heterocycles. The van der Waals surface area contributed by atoms with Gasteiger partial charge < -0.3 is 10.6 Å². The third-order valence-corrected chi connectivity index (χ3v) is 5.72. The number of hydrogen-bond donors (Lipinski definition) is 2. The molecule has 0 radical (unpaired) electrons. The molecule has 0 bridgehead atoms. The maximum Gasteiger partial charge on any atom is 0.191 e. The van der Waals surface area contributed by atoms with Gasteiger partial charge in [-0.25, -0.2) is 4.98 Å². The molecule has 2 rings (SSSR count). The summed E-state index contributed by atoms with van der Waals surface area (Å²) >= 11 is 3.63. The Hall–Kier alpha value is -1.40. The first-order valence-corrected chi connectivity index (χ1v) is 10.4. The van der Waals surface area contributed by atoms with Gasteiger partial charge in [0.2, 0.25) is 0 Å². The Morgan fingerprint density at radius 3 is 2.83 bits per heavy atom. The molecule has 1 unspecified atom stereocenters. The SMILES string of the molecule is CCNC(=NCC(C)Cc1cccs1)NCCc1ncc(CC)s1. The topological polar surface area (TPSA) is 49.3 Å². The number of nitrogens with zero attached hydrogens (tertiary/aromatic N) is 2. The van der Waals surface area contributed by atoms with E-state index in [9.17, 15) is 0 Å². The minimum Gasteiger partial charge on any atom is -0.357 e. The number of hydrogen-bond acceptors (Lipinski definition) is 4. The van der Waals surface area contributed by atoms with Crippen molar-refractivity contribution in [1.29, 1.82) is 0 Å². The van der Waals surface area contributed by atoms with Gasteiger partial charge in [-0.2, -0.15) is 0 Å². The molecule has 0 aromatic carbocycles. The molecule has 2 heterocycles. The minimum absolute atomic E-state index is 0.546. The fourth-order valence-electron chi connectivity index (χ4n) is 2.34. The van der Waals surface area contributed by atoms with Crippen molar-refractivity contribution in [2.24, 2.45) is 10.9 Å². The quantitative estimate of drug-likeness (QED) is 0.526. The van der Waals surface area contributed by atoms with Gasteiger partial charge in [-0.1, -0.05) is 19.9 Å². The van der Waals surface area contributed by atoms with Crippen LogP contribution in [0.4, 0.5) is 0 Å². The summed E-state index contributed by atoms with van der Waals surface area (Å²) in [4.78, 5) is 12.0. The molecule has 24 heavy (non-hydrogen) atoms. The van der Waals surface area contributed by atoms with Crippen LogP contribution in [0, 0.1) is 5.92 Å². The zero-order valence-corrected chi connectivity index (χ0v) is 16.5. The van der Waals surface area contributed by atoms with Crippen molar-refractivity contribution in [2.75, 3.05) is 19.6 Å². The zero-order valence-electron chi connectivity index (χ0n) is 14.8.